The zero-order valence-electron chi connectivity index (χ0n) is 12.8. The van der Waals surface area contributed by atoms with Gasteiger partial charge in [-0.05, 0) is 38.9 Å². The lowest BCUT2D eigenvalue weighted by Gasteiger charge is -2.26. The third-order valence-corrected chi connectivity index (χ3v) is 3.88. The van der Waals surface area contributed by atoms with Crippen LogP contribution in [0.3, 0.4) is 0 Å². The Morgan fingerprint density at radius 3 is 2.73 bits per heavy atom. The molecule has 1 heterocycles. The van der Waals surface area contributed by atoms with E-state index < -0.39 is 10.7 Å². The van der Waals surface area contributed by atoms with E-state index in [1.165, 1.54) is 32.4 Å². The molecule has 1 aromatic carbocycles. The van der Waals surface area contributed by atoms with Gasteiger partial charge in [0, 0.05) is 12.6 Å². The Balaban J connectivity index is 1.91. The summed E-state index contributed by atoms with van der Waals surface area (Å²) in [7, 11) is 1.34. The third-order valence-electron chi connectivity index (χ3n) is 3.88. The highest BCUT2D eigenvalue weighted by Gasteiger charge is 2.18. The van der Waals surface area contributed by atoms with Crippen molar-refractivity contribution in [2.45, 2.75) is 25.7 Å². The highest BCUT2D eigenvalue weighted by Crippen LogP contribution is 2.31. The van der Waals surface area contributed by atoms with Gasteiger partial charge in [0.25, 0.3) is 5.69 Å². The number of nitro benzene ring substituents is 1. The fourth-order valence-corrected chi connectivity index (χ4v) is 2.70. The average Bonchev–Trinajstić information content (AvgIpc) is 2.53. The lowest BCUT2D eigenvalue weighted by atomic mass is 10.1. The van der Waals surface area contributed by atoms with Crippen molar-refractivity contribution in [2.24, 2.45) is 0 Å². The number of hydrogen-bond acceptors (Lipinski definition) is 5. The summed E-state index contributed by atoms with van der Waals surface area (Å²) in [6.45, 7) is 3.83. The van der Waals surface area contributed by atoms with E-state index in [-0.39, 0.29) is 11.4 Å². The van der Waals surface area contributed by atoms with Gasteiger partial charge in [-0.15, -0.1) is 0 Å². The molecule has 0 spiro atoms. The van der Waals surface area contributed by atoms with Gasteiger partial charge < -0.3 is 15.0 Å². The van der Waals surface area contributed by atoms with Crippen LogP contribution >= 0.6 is 0 Å². The number of benzene rings is 1. The molecule has 0 unspecified atom stereocenters. The van der Waals surface area contributed by atoms with Crippen molar-refractivity contribution >= 4 is 11.4 Å². The Morgan fingerprint density at radius 1 is 1.36 bits per heavy atom. The number of ether oxygens (including phenoxy) is 1. The standard InChI is InChI=1S/C15H22FN3O3/c1-22-15-11-13(14(19(20)21)10-12(15)16)17-6-5-9-18-7-3-2-4-8-18/h10-11,17H,2-9H2,1H3. The Hall–Kier alpha value is -1.89. The maximum Gasteiger partial charge on any atom is 0.295 e. The molecule has 0 radical (unpaired) electrons. The number of methoxy groups -OCH3 is 1. The monoisotopic (exact) mass is 311 g/mol. The molecule has 1 saturated heterocycles. The number of rotatable bonds is 7. The number of anilines is 1. The van der Waals surface area contributed by atoms with E-state index in [0.717, 1.165) is 32.1 Å². The molecule has 1 aromatic rings. The Kier molecular flexibility index (Phi) is 5.94. The first kappa shape index (κ1) is 16.5. The lowest BCUT2D eigenvalue weighted by molar-refractivity contribution is -0.384. The predicted octanol–water partition coefficient (Wildman–Crippen LogP) is 3.03. The number of likely N-dealkylation sites (tertiary alicyclic amines) is 1. The van der Waals surface area contributed by atoms with Crippen molar-refractivity contribution in [1.82, 2.24) is 4.90 Å². The smallest absolute Gasteiger partial charge is 0.295 e. The second kappa shape index (κ2) is 7.93. The number of halogens is 1. The lowest BCUT2D eigenvalue weighted by Crippen LogP contribution is -2.31. The van der Waals surface area contributed by atoms with Crippen molar-refractivity contribution in [3.05, 3.63) is 28.1 Å². The number of nitro groups is 1. The van der Waals surface area contributed by atoms with E-state index in [1.807, 2.05) is 0 Å². The predicted molar refractivity (Wildman–Crippen MR) is 83.0 cm³/mol. The van der Waals surface area contributed by atoms with Crippen molar-refractivity contribution in [3.8, 4) is 5.75 Å². The molecule has 6 nitrogen and oxygen atoms in total. The zero-order valence-corrected chi connectivity index (χ0v) is 12.8. The van der Waals surface area contributed by atoms with E-state index in [2.05, 4.69) is 10.2 Å². The first-order chi connectivity index (χ1) is 10.6. The molecular weight excluding hydrogens is 289 g/mol. The Bertz CT molecular complexity index is 519. The molecule has 1 aliphatic heterocycles. The summed E-state index contributed by atoms with van der Waals surface area (Å²) >= 11 is 0. The van der Waals surface area contributed by atoms with Gasteiger partial charge in [0.1, 0.15) is 5.69 Å². The van der Waals surface area contributed by atoms with Crippen LogP contribution in [0, 0.1) is 15.9 Å². The highest BCUT2D eigenvalue weighted by atomic mass is 19.1. The van der Waals surface area contributed by atoms with Gasteiger partial charge in [-0.2, -0.15) is 0 Å². The summed E-state index contributed by atoms with van der Waals surface area (Å²) in [5.41, 5.74) is 0.0261. The maximum absolute atomic E-state index is 13.6. The van der Waals surface area contributed by atoms with Gasteiger partial charge in [0.05, 0.1) is 18.1 Å². The van der Waals surface area contributed by atoms with E-state index in [9.17, 15) is 14.5 Å². The average molecular weight is 311 g/mol. The zero-order chi connectivity index (χ0) is 15.9. The summed E-state index contributed by atoms with van der Waals surface area (Å²) in [4.78, 5) is 12.8. The molecular formula is C15H22FN3O3. The minimum absolute atomic E-state index is 0.00382. The van der Waals surface area contributed by atoms with Crippen LogP contribution in [0.25, 0.3) is 0 Å². The van der Waals surface area contributed by atoms with Crippen LogP contribution in [0.4, 0.5) is 15.8 Å². The van der Waals surface area contributed by atoms with Crippen molar-refractivity contribution in [1.29, 1.82) is 0 Å². The van der Waals surface area contributed by atoms with Gasteiger partial charge in [-0.1, -0.05) is 6.42 Å². The second-order valence-corrected chi connectivity index (χ2v) is 5.44. The van der Waals surface area contributed by atoms with Crippen LogP contribution in [-0.2, 0) is 0 Å². The normalized spacial score (nSPS) is 15.5. The molecule has 1 aliphatic rings. The van der Waals surface area contributed by atoms with Crippen LogP contribution in [-0.4, -0.2) is 43.1 Å². The fourth-order valence-electron chi connectivity index (χ4n) is 2.70. The Morgan fingerprint density at radius 2 is 2.09 bits per heavy atom. The molecule has 0 saturated carbocycles. The summed E-state index contributed by atoms with van der Waals surface area (Å²) in [6, 6.07) is 2.24. The molecule has 122 valence electrons. The van der Waals surface area contributed by atoms with Crippen LogP contribution in [0.15, 0.2) is 12.1 Å². The van der Waals surface area contributed by atoms with Gasteiger partial charge >= 0.3 is 0 Å². The maximum atomic E-state index is 13.6. The van der Waals surface area contributed by atoms with Gasteiger partial charge in [0.2, 0.25) is 0 Å². The molecule has 1 fully saturated rings. The van der Waals surface area contributed by atoms with Crippen LogP contribution in [0.5, 0.6) is 5.75 Å². The summed E-state index contributed by atoms with van der Waals surface area (Å²) < 4.78 is 18.4. The highest BCUT2D eigenvalue weighted by molar-refractivity contribution is 5.64. The SMILES string of the molecule is COc1cc(NCCCN2CCCCC2)c([N+](=O)[O-])cc1F. The molecule has 22 heavy (non-hydrogen) atoms. The minimum Gasteiger partial charge on any atom is -0.494 e. The molecule has 0 aromatic heterocycles. The Labute approximate surface area is 129 Å². The molecule has 0 amide bonds. The number of nitrogens with zero attached hydrogens (tertiary/aromatic N) is 2. The molecule has 7 heteroatoms. The molecule has 2 rings (SSSR count). The van der Waals surface area contributed by atoms with Crippen molar-refractivity contribution < 1.29 is 14.1 Å². The number of hydrogen-bond donors (Lipinski definition) is 1. The van der Waals surface area contributed by atoms with Crippen LogP contribution in [0.1, 0.15) is 25.7 Å². The van der Waals surface area contributed by atoms with E-state index in [4.69, 9.17) is 4.74 Å². The van der Waals surface area contributed by atoms with Crippen molar-refractivity contribution in [3.63, 3.8) is 0 Å². The largest absolute Gasteiger partial charge is 0.494 e. The van der Waals surface area contributed by atoms with E-state index in [0.29, 0.717) is 12.2 Å². The topological polar surface area (TPSA) is 67.6 Å². The molecule has 1 N–H and O–H groups in total. The quantitative estimate of drug-likeness (QED) is 0.476. The molecule has 0 aliphatic carbocycles. The minimum atomic E-state index is -0.729. The second-order valence-electron chi connectivity index (χ2n) is 5.44. The summed E-state index contributed by atoms with van der Waals surface area (Å²) in [6.07, 6.45) is 4.68. The number of piperidine rings is 1. The third kappa shape index (κ3) is 4.30. The van der Waals surface area contributed by atoms with Crippen LogP contribution in [0.2, 0.25) is 0 Å². The van der Waals surface area contributed by atoms with Gasteiger partial charge in [-0.25, -0.2) is 4.39 Å². The summed E-state index contributed by atoms with van der Waals surface area (Å²) in [5, 5.41) is 14.0. The first-order valence-electron chi connectivity index (χ1n) is 7.60. The number of nitrogens with one attached hydrogen (secondary N) is 1. The van der Waals surface area contributed by atoms with Gasteiger partial charge in [0.15, 0.2) is 11.6 Å². The summed E-state index contributed by atoms with van der Waals surface area (Å²) in [5.74, 6) is -0.725. The van der Waals surface area contributed by atoms with Gasteiger partial charge in [-0.3, -0.25) is 10.1 Å². The first-order valence-corrected chi connectivity index (χ1v) is 7.60. The van der Waals surface area contributed by atoms with Crippen LogP contribution < -0.4 is 10.1 Å². The van der Waals surface area contributed by atoms with Crippen molar-refractivity contribution in [2.75, 3.05) is 38.6 Å². The molecule has 0 atom stereocenters. The fraction of sp³-hybridized carbons (Fsp3) is 0.600. The molecule has 0 bridgehead atoms. The van der Waals surface area contributed by atoms with E-state index in [1.54, 1.807) is 0 Å². The van der Waals surface area contributed by atoms with E-state index >= 15 is 0 Å².